The maximum Gasteiger partial charge on any atom is 0.409 e. The summed E-state index contributed by atoms with van der Waals surface area (Å²) in [5.41, 5.74) is 0. The lowest BCUT2D eigenvalue weighted by Crippen LogP contribution is -2.53. The second-order valence-corrected chi connectivity index (χ2v) is 4.15. The molecule has 18 heavy (non-hydrogen) atoms. The van der Waals surface area contributed by atoms with Gasteiger partial charge in [0.1, 0.15) is 0 Å². The van der Waals surface area contributed by atoms with Gasteiger partial charge in [-0.15, -0.1) is 0 Å². The van der Waals surface area contributed by atoms with E-state index < -0.39 is 0 Å². The van der Waals surface area contributed by atoms with Gasteiger partial charge in [-0.05, 0) is 13.3 Å². The minimum atomic E-state index is -0.214. The molecule has 1 aliphatic rings. The van der Waals surface area contributed by atoms with E-state index in [1.54, 1.807) is 11.9 Å². The molecule has 1 N–H and O–H groups in total. The number of carbonyl (C=O) groups excluding carboxylic acids is 1. The molecule has 6 heteroatoms. The zero-order chi connectivity index (χ0) is 13.4. The molecule has 0 aromatic rings. The van der Waals surface area contributed by atoms with Crippen molar-refractivity contribution in [2.75, 3.05) is 46.4 Å². The first kappa shape index (κ1) is 14.6. The van der Waals surface area contributed by atoms with Crippen molar-refractivity contribution in [2.45, 2.75) is 20.3 Å². The van der Waals surface area contributed by atoms with Gasteiger partial charge in [-0.25, -0.2) is 4.79 Å². The smallest absolute Gasteiger partial charge is 0.409 e. The van der Waals surface area contributed by atoms with E-state index in [0.717, 1.165) is 32.0 Å². The molecule has 1 rings (SSSR count). The van der Waals surface area contributed by atoms with Gasteiger partial charge in [0.2, 0.25) is 0 Å². The predicted molar refractivity (Wildman–Crippen MR) is 71.8 cm³/mol. The van der Waals surface area contributed by atoms with Crippen molar-refractivity contribution in [1.82, 2.24) is 15.1 Å². The van der Waals surface area contributed by atoms with Crippen LogP contribution in [0.5, 0.6) is 0 Å². The molecule has 1 amide bonds. The Morgan fingerprint density at radius 2 is 1.83 bits per heavy atom. The highest BCUT2D eigenvalue weighted by Crippen LogP contribution is 2.04. The molecule has 0 bridgehead atoms. The van der Waals surface area contributed by atoms with Crippen LogP contribution in [0, 0.1) is 0 Å². The topological polar surface area (TPSA) is 57.2 Å². The molecule has 0 saturated carbocycles. The Bertz CT molecular complexity index is 286. The van der Waals surface area contributed by atoms with Crippen molar-refractivity contribution < 1.29 is 9.53 Å². The first-order valence-corrected chi connectivity index (χ1v) is 6.60. The fraction of sp³-hybridized carbons (Fsp3) is 0.833. The van der Waals surface area contributed by atoms with E-state index in [1.165, 1.54) is 0 Å². The molecule has 6 nitrogen and oxygen atoms in total. The van der Waals surface area contributed by atoms with E-state index in [1.807, 2.05) is 6.92 Å². The van der Waals surface area contributed by atoms with Gasteiger partial charge in [-0.1, -0.05) is 6.92 Å². The van der Waals surface area contributed by atoms with Crippen LogP contribution in [-0.4, -0.2) is 68.2 Å². The van der Waals surface area contributed by atoms with Crippen LogP contribution in [0.4, 0.5) is 4.79 Å². The number of ether oxygens (including phenoxy) is 1. The van der Waals surface area contributed by atoms with Crippen LogP contribution in [0.3, 0.4) is 0 Å². The average molecular weight is 256 g/mol. The van der Waals surface area contributed by atoms with Gasteiger partial charge in [0.25, 0.3) is 0 Å². The monoisotopic (exact) mass is 256 g/mol. The lowest BCUT2D eigenvalue weighted by atomic mass is 10.3. The van der Waals surface area contributed by atoms with Gasteiger partial charge in [-0.3, -0.25) is 4.99 Å². The Kier molecular flexibility index (Phi) is 6.32. The first-order valence-electron chi connectivity index (χ1n) is 6.60. The largest absolute Gasteiger partial charge is 0.450 e. The maximum absolute atomic E-state index is 11.6. The highest BCUT2D eigenvalue weighted by molar-refractivity contribution is 5.80. The lowest BCUT2D eigenvalue weighted by Gasteiger charge is -2.35. The van der Waals surface area contributed by atoms with Gasteiger partial charge in [0.15, 0.2) is 5.96 Å². The fourth-order valence-electron chi connectivity index (χ4n) is 1.88. The van der Waals surface area contributed by atoms with E-state index in [-0.39, 0.29) is 6.09 Å². The summed E-state index contributed by atoms with van der Waals surface area (Å²) in [5.74, 6) is 0.917. The number of guanidine groups is 1. The molecule has 0 atom stereocenters. The summed E-state index contributed by atoms with van der Waals surface area (Å²) in [6, 6.07) is 0. The Hall–Kier alpha value is -1.46. The summed E-state index contributed by atoms with van der Waals surface area (Å²) in [5, 5.41) is 3.30. The fourth-order valence-corrected chi connectivity index (χ4v) is 1.88. The third kappa shape index (κ3) is 4.09. The van der Waals surface area contributed by atoms with Crippen LogP contribution in [0.15, 0.2) is 4.99 Å². The number of hydrogen-bond acceptors (Lipinski definition) is 3. The van der Waals surface area contributed by atoms with E-state index in [2.05, 4.69) is 22.1 Å². The van der Waals surface area contributed by atoms with Crippen LogP contribution < -0.4 is 5.32 Å². The number of nitrogens with one attached hydrogen (secondary N) is 1. The Balaban J connectivity index is 2.40. The van der Waals surface area contributed by atoms with Crippen molar-refractivity contribution in [3.63, 3.8) is 0 Å². The summed E-state index contributed by atoms with van der Waals surface area (Å²) < 4.78 is 4.99. The van der Waals surface area contributed by atoms with E-state index in [9.17, 15) is 4.79 Å². The molecule has 0 aliphatic carbocycles. The number of amides is 1. The minimum absolute atomic E-state index is 0.214. The third-order valence-corrected chi connectivity index (χ3v) is 2.85. The maximum atomic E-state index is 11.6. The summed E-state index contributed by atoms with van der Waals surface area (Å²) in [6.45, 7) is 8.26. The quantitative estimate of drug-likeness (QED) is 0.598. The van der Waals surface area contributed by atoms with Gasteiger partial charge in [-0.2, -0.15) is 0 Å². The van der Waals surface area contributed by atoms with Crippen LogP contribution in [0.2, 0.25) is 0 Å². The van der Waals surface area contributed by atoms with E-state index >= 15 is 0 Å². The molecule has 1 saturated heterocycles. The molecule has 1 fully saturated rings. The molecule has 1 heterocycles. The third-order valence-electron chi connectivity index (χ3n) is 2.85. The summed E-state index contributed by atoms with van der Waals surface area (Å²) in [7, 11) is 1.79. The first-order chi connectivity index (χ1) is 8.72. The van der Waals surface area contributed by atoms with Crippen molar-refractivity contribution >= 4 is 12.1 Å². The van der Waals surface area contributed by atoms with Gasteiger partial charge >= 0.3 is 6.09 Å². The number of carbonyl (C=O) groups is 1. The lowest BCUT2D eigenvalue weighted by molar-refractivity contribution is 0.0915. The summed E-state index contributed by atoms with van der Waals surface area (Å²) >= 11 is 0. The van der Waals surface area contributed by atoms with Crippen molar-refractivity contribution in [2.24, 2.45) is 4.99 Å². The second kappa shape index (κ2) is 7.79. The molecule has 0 unspecified atom stereocenters. The summed E-state index contributed by atoms with van der Waals surface area (Å²) in [6.07, 6.45) is 0.857. The number of hydrogen-bond donors (Lipinski definition) is 1. The SMILES string of the molecule is CCCNC(=NC)N1CCN(C(=O)OCC)CC1. The van der Waals surface area contributed by atoms with Crippen LogP contribution in [0.1, 0.15) is 20.3 Å². The van der Waals surface area contributed by atoms with E-state index in [4.69, 9.17) is 4.74 Å². The zero-order valence-corrected chi connectivity index (χ0v) is 11.6. The van der Waals surface area contributed by atoms with Crippen molar-refractivity contribution in [1.29, 1.82) is 0 Å². The number of aliphatic imine (C=N–C) groups is 1. The van der Waals surface area contributed by atoms with Gasteiger partial charge in [0, 0.05) is 39.8 Å². The van der Waals surface area contributed by atoms with Gasteiger partial charge < -0.3 is 19.9 Å². The molecular weight excluding hydrogens is 232 g/mol. The number of nitrogens with zero attached hydrogens (tertiary/aromatic N) is 3. The molecule has 0 aromatic carbocycles. The predicted octanol–water partition coefficient (Wildman–Crippen LogP) is 0.746. The molecular formula is C12H24N4O2. The Labute approximate surface area is 109 Å². The van der Waals surface area contributed by atoms with Crippen LogP contribution in [-0.2, 0) is 4.74 Å². The molecule has 104 valence electrons. The number of rotatable bonds is 3. The van der Waals surface area contributed by atoms with E-state index in [0.29, 0.717) is 19.7 Å². The molecule has 1 aliphatic heterocycles. The number of piperazine rings is 1. The molecule has 0 spiro atoms. The Morgan fingerprint density at radius 1 is 1.22 bits per heavy atom. The van der Waals surface area contributed by atoms with Crippen LogP contribution in [0.25, 0.3) is 0 Å². The molecule has 0 radical (unpaired) electrons. The average Bonchev–Trinajstić information content (AvgIpc) is 2.40. The summed E-state index contributed by atoms with van der Waals surface area (Å²) in [4.78, 5) is 19.7. The van der Waals surface area contributed by atoms with Crippen molar-refractivity contribution in [3.8, 4) is 0 Å². The minimum Gasteiger partial charge on any atom is -0.450 e. The second-order valence-electron chi connectivity index (χ2n) is 4.15. The Morgan fingerprint density at radius 3 is 2.33 bits per heavy atom. The zero-order valence-electron chi connectivity index (χ0n) is 11.6. The van der Waals surface area contributed by atoms with Crippen molar-refractivity contribution in [3.05, 3.63) is 0 Å². The van der Waals surface area contributed by atoms with Crippen LogP contribution >= 0.6 is 0 Å². The normalized spacial score (nSPS) is 16.7. The molecule has 0 aromatic heterocycles. The standard InChI is InChI=1S/C12H24N4O2/c1-4-6-14-11(13-3)15-7-9-16(10-8-15)12(17)18-5-2/h4-10H2,1-3H3,(H,13,14). The highest BCUT2D eigenvalue weighted by Gasteiger charge is 2.23. The highest BCUT2D eigenvalue weighted by atomic mass is 16.6. The van der Waals surface area contributed by atoms with Gasteiger partial charge in [0.05, 0.1) is 6.61 Å².